The second-order valence-corrected chi connectivity index (χ2v) is 3.62. The molecule has 0 saturated heterocycles. The number of aryl methyl sites for hydroxylation is 1. The average Bonchev–Trinajstić information content (AvgIpc) is 2.68. The van der Waals surface area contributed by atoms with Gasteiger partial charge in [-0.2, -0.15) is 0 Å². The highest BCUT2D eigenvalue weighted by Crippen LogP contribution is 2.15. The van der Waals surface area contributed by atoms with Gasteiger partial charge in [-0.05, 0) is 42.8 Å². The first kappa shape index (κ1) is 10.7. The number of furan rings is 1. The van der Waals surface area contributed by atoms with Gasteiger partial charge >= 0.3 is 0 Å². The minimum absolute atomic E-state index is 0.172. The summed E-state index contributed by atoms with van der Waals surface area (Å²) in [7, 11) is 0. The van der Waals surface area contributed by atoms with Crippen LogP contribution in [0.5, 0.6) is 0 Å². The monoisotopic (exact) mass is 236 g/mol. The SMILES string of the molecule is Cc1ccc(NC(=O)c2ccc(Cl)o2)cn1. The van der Waals surface area contributed by atoms with E-state index in [4.69, 9.17) is 16.0 Å². The van der Waals surface area contributed by atoms with Crippen molar-refractivity contribution in [2.45, 2.75) is 6.92 Å². The Bertz CT molecular complexity index is 505. The van der Waals surface area contributed by atoms with Crippen LogP contribution in [0, 0.1) is 6.92 Å². The number of nitrogens with zero attached hydrogens (tertiary/aromatic N) is 1. The molecular formula is C11H9ClN2O2. The molecule has 0 spiro atoms. The molecule has 0 saturated carbocycles. The van der Waals surface area contributed by atoms with Crippen LogP contribution in [0.25, 0.3) is 0 Å². The van der Waals surface area contributed by atoms with Crippen LogP contribution in [-0.4, -0.2) is 10.9 Å². The fourth-order valence-corrected chi connectivity index (χ4v) is 1.32. The number of anilines is 1. The molecule has 1 N–H and O–H groups in total. The van der Waals surface area contributed by atoms with Gasteiger partial charge in [-0.25, -0.2) is 0 Å². The van der Waals surface area contributed by atoms with E-state index in [1.165, 1.54) is 12.1 Å². The first-order chi connectivity index (χ1) is 7.65. The molecular weight excluding hydrogens is 228 g/mol. The highest BCUT2D eigenvalue weighted by atomic mass is 35.5. The quantitative estimate of drug-likeness (QED) is 0.872. The molecule has 82 valence electrons. The van der Waals surface area contributed by atoms with Crippen molar-refractivity contribution in [3.63, 3.8) is 0 Å². The Morgan fingerprint density at radius 2 is 2.19 bits per heavy atom. The van der Waals surface area contributed by atoms with Crippen LogP contribution in [-0.2, 0) is 0 Å². The number of halogens is 1. The number of nitrogens with one attached hydrogen (secondary N) is 1. The van der Waals surface area contributed by atoms with Gasteiger partial charge in [0.1, 0.15) is 0 Å². The molecule has 0 aliphatic carbocycles. The van der Waals surface area contributed by atoms with Gasteiger partial charge < -0.3 is 9.73 Å². The Balaban J connectivity index is 2.10. The molecule has 0 atom stereocenters. The summed E-state index contributed by atoms with van der Waals surface area (Å²) in [4.78, 5) is 15.7. The van der Waals surface area contributed by atoms with E-state index in [1.54, 1.807) is 12.3 Å². The van der Waals surface area contributed by atoms with Crippen LogP contribution in [0.15, 0.2) is 34.9 Å². The lowest BCUT2D eigenvalue weighted by molar-refractivity contribution is 0.0996. The van der Waals surface area contributed by atoms with Crippen molar-refractivity contribution >= 4 is 23.2 Å². The molecule has 5 heteroatoms. The number of hydrogen-bond donors (Lipinski definition) is 1. The van der Waals surface area contributed by atoms with Gasteiger partial charge in [0, 0.05) is 5.69 Å². The smallest absolute Gasteiger partial charge is 0.291 e. The van der Waals surface area contributed by atoms with Crippen molar-refractivity contribution in [3.8, 4) is 0 Å². The van der Waals surface area contributed by atoms with E-state index < -0.39 is 0 Å². The van der Waals surface area contributed by atoms with Crippen molar-refractivity contribution in [2.24, 2.45) is 0 Å². The van der Waals surface area contributed by atoms with Crippen molar-refractivity contribution in [1.82, 2.24) is 4.98 Å². The van der Waals surface area contributed by atoms with E-state index in [0.29, 0.717) is 5.69 Å². The molecule has 0 radical (unpaired) electrons. The standard InChI is InChI=1S/C11H9ClN2O2/c1-7-2-3-8(6-13-7)14-11(15)9-4-5-10(12)16-9/h2-6H,1H3,(H,14,15). The van der Waals surface area contributed by atoms with Gasteiger partial charge in [-0.15, -0.1) is 0 Å². The highest BCUT2D eigenvalue weighted by Gasteiger charge is 2.10. The minimum atomic E-state index is -0.349. The molecule has 16 heavy (non-hydrogen) atoms. The third-order valence-electron chi connectivity index (χ3n) is 1.97. The first-order valence-electron chi connectivity index (χ1n) is 4.64. The molecule has 0 aliphatic heterocycles. The number of pyridine rings is 1. The molecule has 2 aromatic heterocycles. The maximum Gasteiger partial charge on any atom is 0.291 e. The molecule has 2 rings (SSSR count). The van der Waals surface area contributed by atoms with Crippen LogP contribution < -0.4 is 5.32 Å². The fourth-order valence-electron chi connectivity index (χ4n) is 1.17. The number of hydrogen-bond acceptors (Lipinski definition) is 3. The largest absolute Gasteiger partial charge is 0.440 e. The summed E-state index contributed by atoms with van der Waals surface area (Å²) in [5.74, 6) is -0.178. The van der Waals surface area contributed by atoms with E-state index >= 15 is 0 Å². The minimum Gasteiger partial charge on any atom is -0.440 e. The van der Waals surface area contributed by atoms with Gasteiger partial charge in [0.15, 0.2) is 11.0 Å². The number of aromatic nitrogens is 1. The lowest BCUT2D eigenvalue weighted by atomic mass is 10.3. The van der Waals surface area contributed by atoms with Crippen molar-refractivity contribution in [1.29, 1.82) is 0 Å². The van der Waals surface area contributed by atoms with Gasteiger partial charge in [0.05, 0.1) is 11.9 Å². The number of carbonyl (C=O) groups excluding carboxylic acids is 1. The average molecular weight is 237 g/mol. The highest BCUT2D eigenvalue weighted by molar-refractivity contribution is 6.29. The topological polar surface area (TPSA) is 55.1 Å². The third-order valence-corrected chi connectivity index (χ3v) is 2.17. The summed E-state index contributed by atoms with van der Waals surface area (Å²) in [6.07, 6.45) is 1.58. The summed E-state index contributed by atoms with van der Waals surface area (Å²) in [6.45, 7) is 1.87. The molecule has 0 aliphatic rings. The van der Waals surface area contributed by atoms with Gasteiger partial charge in [-0.1, -0.05) is 0 Å². The van der Waals surface area contributed by atoms with Crippen molar-refractivity contribution < 1.29 is 9.21 Å². The summed E-state index contributed by atoms with van der Waals surface area (Å²) in [5.41, 5.74) is 1.50. The van der Waals surface area contributed by atoms with E-state index in [1.807, 2.05) is 13.0 Å². The Kier molecular flexibility index (Phi) is 2.92. The van der Waals surface area contributed by atoms with Crippen molar-refractivity contribution in [3.05, 3.63) is 47.1 Å². The zero-order valence-electron chi connectivity index (χ0n) is 8.53. The fraction of sp³-hybridized carbons (Fsp3) is 0.0909. The number of amides is 1. The first-order valence-corrected chi connectivity index (χ1v) is 5.02. The van der Waals surface area contributed by atoms with Crippen molar-refractivity contribution in [2.75, 3.05) is 5.32 Å². The lowest BCUT2D eigenvalue weighted by Crippen LogP contribution is -2.10. The molecule has 0 fully saturated rings. The Morgan fingerprint density at radius 3 is 2.75 bits per heavy atom. The lowest BCUT2D eigenvalue weighted by Gasteiger charge is -2.02. The predicted octanol–water partition coefficient (Wildman–Crippen LogP) is 2.89. The Morgan fingerprint density at radius 1 is 1.38 bits per heavy atom. The Hall–Kier alpha value is -1.81. The van der Waals surface area contributed by atoms with Gasteiger partial charge in [0.25, 0.3) is 5.91 Å². The second-order valence-electron chi connectivity index (χ2n) is 3.25. The molecule has 1 amide bonds. The summed E-state index contributed by atoms with van der Waals surface area (Å²) < 4.78 is 4.97. The molecule has 2 heterocycles. The van der Waals surface area contributed by atoms with E-state index in [9.17, 15) is 4.79 Å². The molecule has 2 aromatic rings. The third kappa shape index (κ3) is 2.41. The van der Waals surface area contributed by atoms with Gasteiger partial charge in [-0.3, -0.25) is 9.78 Å². The van der Waals surface area contributed by atoms with Crippen LogP contribution >= 0.6 is 11.6 Å². The maximum absolute atomic E-state index is 11.6. The van der Waals surface area contributed by atoms with Gasteiger partial charge in [0.2, 0.25) is 0 Å². The second kappa shape index (κ2) is 4.37. The molecule has 0 bridgehead atoms. The molecule has 0 unspecified atom stereocenters. The molecule has 4 nitrogen and oxygen atoms in total. The van der Waals surface area contributed by atoms with E-state index in [-0.39, 0.29) is 16.9 Å². The predicted molar refractivity (Wildman–Crippen MR) is 60.6 cm³/mol. The van der Waals surface area contributed by atoms with Crippen LogP contribution in [0.3, 0.4) is 0 Å². The normalized spacial score (nSPS) is 10.1. The number of rotatable bonds is 2. The van der Waals surface area contributed by atoms with Crippen LogP contribution in [0.4, 0.5) is 5.69 Å². The zero-order valence-corrected chi connectivity index (χ0v) is 9.28. The number of carbonyl (C=O) groups is 1. The van der Waals surface area contributed by atoms with E-state index in [0.717, 1.165) is 5.69 Å². The Labute approximate surface area is 97.2 Å². The summed E-state index contributed by atoms with van der Waals surface area (Å²) in [6, 6.07) is 6.61. The summed E-state index contributed by atoms with van der Waals surface area (Å²) >= 11 is 5.57. The van der Waals surface area contributed by atoms with Crippen LogP contribution in [0.2, 0.25) is 5.22 Å². The zero-order chi connectivity index (χ0) is 11.5. The van der Waals surface area contributed by atoms with Crippen LogP contribution in [0.1, 0.15) is 16.2 Å². The van der Waals surface area contributed by atoms with E-state index in [2.05, 4.69) is 10.3 Å². The summed E-state index contributed by atoms with van der Waals surface area (Å²) in [5, 5.41) is 2.83. The molecule has 0 aromatic carbocycles. The maximum atomic E-state index is 11.6.